The SMILES string of the molecule is CN(CCOCC1CC1)C(=O)OCCO. The van der Waals surface area contributed by atoms with Crippen molar-refractivity contribution in [3.63, 3.8) is 0 Å². The van der Waals surface area contributed by atoms with Gasteiger partial charge in [0.05, 0.1) is 13.2 Å². The minimum Gasteiger partial charge on any atom is -0.447 e. The maximum Gasteiger partial charge on any atom is 0.409 e. The predicted molar refractivity (Wildman–Crippen MR) is 54.6 cm³/mol. The third kappa shape index (κ3) is 5.59. The van der Waals surface area contributed by atoms with Crippen molar-refractivity contribution in [1.82, 2.24) is 4.90 Å². The predicted octanol–water partition coefficient (Wildman–Crippen LogP) is 0.474. The van der Waals surface area contributed by atoms with E-state index in [2.05, 4.69) is 0 Å². The highest BCUT2D eigenvalue weighted by molar-refractivity contribution is 5.67. The molecule has 0 bridgehead atoms. The van der Waals surface area contributed by atoms with E-state index in [1.807, 2.05) is 0 Å². The largest absolute Gasteiger partial charge is 0.447 e. The lowest BCUT2D eigenvalue weighted by atomic mass is 10.5. The maximum absolute atomic E-state index is 11.2. The fourth-order valence-electron chi connectivity index (χ4n) is 1.07. The van der Waals surface area contributed by atoms with Crippen LogP contribution in [0.5, 0.6) is 0 Å². The van der Waals surface area contributed by atoms with E-state index in [9.17, 15) is 4.79 Å². The summed E-state index contributed by atoms with van der Waals surface area (Å²) in [7, 11) is 1.65. The molecular weight excluding hydrogens is 198 g/mol. The molecule has 1 aliphatic carbocycles. The second kappa shape index (κ2) is 6.63. The molecule has 1 N–H and O–H groups in total. The Morgan fingerprint density at radius 2 is 2.20 bits per heavy atom. The molecule has 0 saturated heterocycles. The molecule has 0 spiro atoms. The first-order valence-corrected chi connectivity index (χ1v) is 5.30. The minimum absolute atomic E-state index is 0.0477. The number of hydrogen-bond donors (Lipinski definition) is 1. The van der Waals surface area contributed by atoms with Crippen molar-refractivity contribution in [3.8, 4) is 0 Å². The van der Waals surface area contributed by atoms with Gasteiger partial charge in [-0.2, -0.15) is 0 Å². The highest BCUT2D eigenvalue weighted by Crippen LogP contribution is 2.28. The zero-order chi connectivity index (χ0) is 11.1. The Kier molecular flexibility index (Phi) is 5.42. The quantitative estimate of drug-likeness (QED) is 0.630. The van der Waals surface area contributed by atoms with Crippen molar-refractivity contribution in [3.05, 3.63) is 0 Å². The van der Waals surface area contributed by atoms with Crippen molar-refractivity contribution in [2.24, 2.45) is 5.92 Å². The summed E-state index contributed by atoms with van der Waals surface area (Å²) in [5.41, 5.74) is 0. The number of likely N-dealkylation sites (N-methyl/N-ethyl adjacent to an activating group) is 1. The van der Waals surface area contributed by atoms with Crippen LogP contribution < -0.4 is 0 Å². The van der Waals surface area contributed by atoms with Gasteiger partial charge in [-0.15, -0.1) is 0 Å². The third-order valence-corrected chi connectivity index (χ3v) is 2.25. The molecule has 1 aliphatic rings. The van der Waals surface area contributed by atoms with E-state index in [0.717, 1.165) is 12.5 Å². The van der Waals surface area contributed by atoms with Crippen molar-refractivity contribution in [2.45, 2.75) is 12.8 Å². The van der Waals surface area contributed by atoms with Crippen LogP contribution in [0.1, 0.15) is 12.8 Å². The maximum atomic E-state index is 11.2. The Bertz CT molecular complexity index is 194. The van der Waals surface area contributed by atoms with Gasteiger partial charge >= 0.3 is 6.09 Å². The molecule has 88 valence electrons. The summed E-state index contributed by atoms with van der Waals surface area (Å²) >= 11 is 0. The van der Waals surface area contributed by atoms with E-state index >= 15 is 0 Å². The van der Waals surface area contributed by atoms with Crippen molar-refractivity contribution >= 4 is 6.09 Å². The van der Waals surface area contributed by atoms with Gasteiger partial charge in [-0.05, 0) is 18.8 Å². The van der Waals surface area contributed by atoms with E-state index in [-0.39, 0.29) is 13.2 Å². The van der Waals surface area contributed by atoms with Crippen molar-refractivity contribution in [1.29, 1.82) is 0 Å². The molecule has 0 heterocycles. The number of aliphatic hydroxyl groups is 1. The van der Waals surface area contributed by atoms with Gasteiger partial charge in [0.15, 0.2) is 0 Å². The highest BCUT2D eigenvalue weighted by Gasteiger charge is 2.21. The number of nitrogens with zero attached hydrogens (tertiary/aromatic N) is 1. The summed E-state index contributed by atoms with van der Waals surface area (Å²) in [4.78, 5) is 12.6. The van der Waals surface area contributed by atoms with Crippen LogP contribution in [0.25, 0.3) is 0 Å². The van der Waals surface area contributed by atoms with Crippen LogP contribution in [0, 0.1) is 5.92 Å². The average molecular weight is 217 g/mol. The van der Waals surface area contributed by atoms with Gasteiger partial charge in [0.2, 0.25) is 0 Å². The average Bonchev–Trinajstić information content (AvgIpc) is 3.04. The summed E-state index contributed by atoms with van der Waals surface area (Å²) in [5, 5.41) is 8.46. The molecule has 0 radical (unpaired) electrons. The molecule has 5 heteroatoms. The van der Waals surface area contributed by atoms with Crippen molar-refractivity contribution < 1.29 is 19.4 Å². The molecule has 0 unspecified atom stereocenters. The second-order valence-corrected chi connectivity index (χ2v) is 3.78. The zero-order valence-corrected chi connectivity index (χ0v) is 9.15. The normalized spacial score (nSPS) is 15.1. The number of carbonyl (C=O) groups excluding carboxylic acids is 1. The van der Waals surface area contributed by atoms with Gasteiger partial charge in [0.1, 0.15) is 6.61 Å². The number of carbonyl (C=O) groups is 1. The molecule has 0 aliphatic heterocycles. The van der Waals surface area contributed by atoms with Gasteiger partial charge < -0.3 is 19.5 Å². The van der Waals surface area contributed by atoms with Crippen LogP contribution >= 0.6 is 0 Å². The first-order chi connectivity index (χ1) is 7.24. The lowest BCUT2D eigenvalue weighted by Gasteiger charge is -2.16. The van der Waals surface area contributed by atoms with Crippen LogP contribution in [0.4, 0.5) is 4.79 Å². The standard InChI is InChI=1S/C10H19NO4/c1-11(10(13)15-7-5-12)4-6-14-8-9-2-3-9/h9,12H,2-8H2,1H3. The lowest BCUT2D eigenvalue weighted by Crippen LogP contribution is -2.31. The van der Waals surface area contributed by atoms with E-state index in [4.69, 9.17) is 14.6 Å². The Morgan fingerprint density at radius 3 is 2.80 bits per heavy atom. The van der Waals surface area contributed by atoms with Gasteiger partial charge in [0.25, 0.3) is 0 Å². The van der Waals surface area contributed by atoms with E-state index in [0.29, 0.717) is 13.2 Å². The van der Waals surface area contributed by atoms with Gasteiger partial charge in [0, 0.05) is 20.2 Å². The van der Waals surface area contributed by atoms with Crippen molar-refractivity contribution in [2.75, 3.05) is 40.0 Å². The Morgan fingerprint density at radius 1 is 1.47 bits per heavy atom. The second-order valence-electron chi connectivity index (χ2n) is 3.78. The molecule has 5 nitrogen and oxygen atoms in total. The highest BCUT2D eigenvalue weighted by atomic mass is 16.6. The van der Waals surface area contributed by atoms with Crippen LogP contribution in [0.15, 0.2) is 0 Å². The summed E-state index contributed by atoms with van der Waals surface area (Å²) in [6.07, 6.45) is 2.13. The Labute approximate surface area is 90.0 Å². The molecule has 1 amide bonds. The van der Waals surface area contributed by atoms with Gasteiger partial charge in [-0.1, -0.05) is 0 Å². The number of rotatable bonds is 7. The summed E-state index contributed by atoms with van der Waals surface area (Å²) in [5.74, 6) is 0.747. The first kappa shape index (κ1) is 12.3. The Hall–Kier alpha value is -0.810. The third-order valence-electron chi connectivity index (χ3n) is 2.25. The van der Waals surface area contributed by atoms with E-state index in [1.54, 1.807) is 7.05 Å². The van der Waals surface area contributed by atoms with Gasteiger partial charge in [-0.3, -0.25) is 0 Å². The fraction of sp³-hybridized carbons (Fsp3) is 0.900. The molecule has 1 rings (SSSR count). The van der Waals surface area contributed by atoms with E-state index < -0.39 is 6.09 Å². The molecular formula is C10H19NO4. The number of amides is 1. The molecule has 1 fully saturated rings. The summed E-state index contributed by atoms with van der Waals surface area (Å²) in [6.45, 7) is 1.78. The fourth-order valence-corrected chi connectivity index (χ4v) is 1.07. The van der Waals surface area contributed by atoms with Gasteiger partial charge in [-0.25, -0.2) is 4.79 Å². The molecule has 0 aromatic heterocycles. The van der Waals surface area contributed by atoms with Crippen LogP contribution in [0.2, 0.25) is 0 Å². The molecule has 0 atom stereocenters. The lowest BCUT2D eigenvalue weighted by molar-refractivity contribution is 0.0707. The van der Waals surface area contributed by atoms with Crippen LogP contribution in [-0.4, -0.2) is 56.1 Å². The first-order valence-electron chi connectivity index (χ1n) is 5.30. The molecule has 0 aromatic rings. The monoisotopic (exact) mass is 217 g/mol. The summed E-state index contributed by atoms with van der Waals surface area (Å²) in [6, 6.07) is 0. The Balaban J connectivity index is 1.95. The van der Waals surface area contributed by atoms with Crippen LogP contribution in [0.3, 0.4) is 0 Å². The van der Waals surface area contributed by atoms with E-state index in [1.165, 1.54) is 17.7 Å². The number of ether oxygens (including phenoxy) is 2. The minimum atomic E-state index is -0.418. The zero-order valence-electron chi connectivity index (χ0n) is 9.15. The molecule has 0 aromatic carbocycles. The number of aliphatic hydroxyl groups excluding tert-OH is 1. The summed E-state index contributed by atoms with van der Waals surface area (Å²) < 4.78 is 10.1. The molecule has 1 saturated carbocycles. The number of hydrogen-bond acceptors (Lipinski definition) is 4. The van der Waals surface area contributed by atoms with Crippen LogP contribution in [-0.2, 0) is 9.47 Å². The molecule has 15 heavy (non-hydrogen) atoms. The smallest absolute Gasteiger partial charge is 0.409 e. The topological polar surface area (TPSA) is 59.0 Å².